The first-order valence-electron chi connectivity index (χ1n) is 8.35. The van der Waals surface area contributed by atoms with Crippen LogP contribution in [0.25, 0.3) is 0 Å². The number of nitro benzene ring substituents is 1. The van der Waals surface area contributed by atoms with Gasteiger partial charge in [0.15, 0.2) is 10.9 Å². The summed E-state index contributed by atoms with van der Waals surface area (Å²) >= 11 is 23.1. The largest absolute Gasteiger partial charge is 0.490 e. The number of hydrogen-bond donors (Lipinski definition) is 3. The number of aryl methyl sites for hydroxylation is 1. The third kappa shape index (κ3) is 6.60. The molecule has 0 spiro atoms. The van der Waals surface area contributed by atoms with Crippen molar-refractivity contribution in [2.45, 2.75) is 16.9 Å². The summed E-state index contributed by atoms with van der Waals surface area (Å²) in [6, 6.07) is 11.0. The number of carbonyl (C=O) groups is 1. The number of amides is 1. The van der Waals surface area contributed by atoms with E-state index in [-0.39, 0.29) is 16.5 Å². The summed E-state index contributed by atoms with van der Waals surface area (Å²) < 4.78 is 3.00. The van der Waals surface area contributed by atoms with Crippen LogP contribution in [0.15, 0.2) is 42.5 Å². The van der Waals surface area contributed by atoms with Crippen molar-refractivity contribution in [2.24, 2.45) is 0 Å². The summed E-state index contributed by atoms with van der Waals surface area (Å²) in [7, 11) is 1.32. The Morgan fingerprint density at radius 3 is 2.33 bits per heavy atom. The number of halogens is 3. The molecule has 2 aromatic rings. The van der Waals surface area contributed by atoms with Crippen molar-refractivity contribution in [3.05, 3.63) is 63.7 Å². The van der Waals surface area contributed by atoms with Crippen molar-refractivity contribution in [1.82, 2.24) is 10.6 Å². The van der Waals surface area contributed by atoms with E-state index in [1.54, 1.807) is 24.3 Å². The number of methoxy groups -OCH3 is 1. The van der Waals surface area contributed by atoms with Crippen LogP contribution in [0.1, 0.15) is 15.9 Å². The number of nitrogens with one attached hydrogen (secondary N) is 3. The van der Waals surface area contributed by atoms with Crippen LogP contribution in [-0.2, 0) is 0 Å². The zero-order valence-electron chi connectivity index (χ0n) is 15.7. The Kier molecular flexibility index (Phi) is 8.08. The average Bonchev–Trinajstić information content (AvgIpc) is 2.67. The molecule has 0 saturated heterocycles. The molecule has 30 heavy (non-hydrogen) atoms. The minimum absolute atomic E-state index is 0.0324. The maximum Gasteiger partial charge on any atom is 0.312 e. The van der Waals surface area contributed by atoms with Gasteiger partial charge in [0.25, 0.3) is 5.91 Å². The molecule has 160 valence electrons. The molecule has 0 fully saturated rings. The van der Waals surface area contributed by atoms with Crippen LogP contribution in [0.3, 0.4) is 0 Å². The van der Waals surface area contributed by atoms with Crippen LogP contribution in [0.5, 0.6) is 5.75 Å². The Hall–Kier alpha value is -2.33. The van der Waals surface area contributed by atoms with Gasteiger partial charge >= 0.3 is 5.69 Å². The molecule has 8 nitrogen and oxygen atoms in total. The summed E-state index contributed by atoms with van der Waals surface area (Å²) in [5, 5.41) is 19.1. The van der Waals surface area contributed by atoms with Gasteiger partial charge in [0.2, 0.25) is 3.79 Å². The molecule has 1 amide bonds. The van der Waals surface area contributed by atoms with E-state index >= 15 is 0 Å². The second-order valence-corrected chi connectivity index (χ2v) is 8.83. The van der Waals surface area contributed by atoms with Gasteiger partial charge in [0.1, 0.15) is 6.17 Å². The number of benzene rings is 2. The number of thiocarbonyl (C=S) groups is 1. The van der Waals surface area contributed by atoms with Crippen LogP contribution in [0.2, 0.25) is 0 Å². The maximum absolute atomic E-state index is 12.5. The number of ether oxygens (including phenoxy) is 1. The van der Waals surface area contributed by atoms with Crippen LogP contribution >= 0.6 is 47.0 Å². The van der Waals surface area contributed by atoms with Gasteiger partial charge in [-0.2, -0.15) is 0 Å². The third-order valence-corrected chi connectivity index (χ3v) is 4.70. The van der Waals surface area contributed by atoms with Crippen LogP contribution < -0.4 is 20.7 Å². The SMILES string of the molecule is COc1ccc(NC(=S)N[C@@H](NC(=O)c2ccc(C)cc2)C(Cl)(Cl)Cl)cc1[N+](=O)[O-]. The van der Waals surface area contributed by atoms with Gasteiger partial charge in [-0.15, -0.1) is 0 Å². The van der Waals surface area contributed by atoms with Gasteiger partial charge in [-0.25, -0.2) is 0 Å². The number of anilines is 1. The number of rotatable bonds is 6. The number of nitro groups is 1. The molecule has 0 bridgehead atoms. The quantitative estimate of drug-likeness (QED) is 0.182. The lowest BCUT2D eigenvalue weighted by Crippen LogP contribution is -2.56. The highest BCUT2D eigenvalue weighted by atomic mass is 35.6. The lowest BCUT2D eigenvalue weighted by atomic mass is 10.1. The Balaban J connectivity index is 2.12. The van der Waals surface area contributed by atoms with E-state index in [1.807, 2.05) is 6.92 Å². The van der Waals surface area contributed by atoms with Crippen LogP contribution in [0.4, 0.5) is 11.4 Å². The molecule has 12 heteroatoms. The van der Waals surface area contributed by atoms with E-state index in [2.05, 4.69) is 16.0 Å². The standard InChI is InChI=1S/C18H17Cl3N4O4S/c1-10-3-5-11(6-4-10)15(26)23-16(18(19,20)21)24-17(30)22-12-7-8-14(29-2)13(9-12)25(27)28/h3-9,16H,1-2H3,(H,23,26)(H2,22,24,30)/t16-/m1/s1. The van der Waals surface area contributed by atoms with Crippen LogP contribution in [-0.4, -0.2) is 33.0 Å². The highest BCUT2D eigenvalue weighted by Gasteiger charge is 2.35. The number of hydrogen-bond acceptors (Lipinski definition) is 5. The molecular weight excluding hydrogens is 475 g/mol. The van der Waals surface area contributed by atoms with E-state index in [0.29, 0.717) is 11.3 Å². The highest BCUT2D eigenvalue weighted by Crippen LogP contribution is 2.31. The molecule has 0 unspecified atom stereocenters. The Morgan fingerprint density at radius 2 is 1.80 bits per heavy atom. The van der Waals surface area contributed by atoms with Gasteiger partial charge in [-0.05, 0) is 43.4 Å². The second kappa shape index (κ2) is 10.1. The van der Waals surface area contributed by atoms with E-state index in [1.165, 1.54) is 25.3 Å². The summed E-state index contributed by atoms with van der Waals surface area (Å²) in [4.78, 5) is 23.0. The topological polar surface area (TPSA) is 106 Å². The van der Waals surface area contributed by atoms with Crippen molar-refractivity contribution in [1.29, 1.82) is 0 Å². The Labute approximate surface area is 193 Å². The fourth-order valence-corrected chi connectivity index (χ4v) is 2.89. The zero-order chi connectivity index (χ0) is 22.5. The summed E-state index contributed by atoms with van der Waals surface area (Å²) in [5.41, 5.74) is 1.40. The number of nitrogens with zero attached hydrogens (tertiary/aromatic N) is 1. The summed E-state index contributed by atoms with van der Waals surface area (Å²) in [5.74, 6) is -0.393. The monoisotopic (exact) mass is 490 g/mol. The second-order valence-electron chi connectivity index (χ2n) is 6.06. The molecule has 0 aliphatic rings. The van der Waals surface area contributed by atoms with Crippen molar-refractivity contribution in [3.63, 3.8) is 0 Å². The van der Waals surface area contributed by atoms with Gasteiger partial charge < -0.3 is 20.7 Å². The highest BCUT2D eigenvalue weighted by molar-refractivity contribution is 7.80. The molecule has 3 N–H and O–H groups in total. The fraction of sp³-hybridized carbons (Fsp3) is 0.222. The molecule has 0 saturated carbocycles. The van der Waals surface area contributed by atoms with E-state index in [0.717, 1.165) is 5.56 Å². The molecule has 0 aliphatic carbocycles. The first-order chi connectivity index (χ1) is 14.0. The molecular formula is C18H17Cl3N4O4S. The summed E-state index contributed by atoms with van der Waals surface area (Å²) in [6.45, 7) is 1.89. The first kappa shape index (κ1) is 23.9. The van der Waals surface area contributed by atoms with Crippen molar-refractivity contribution in [3.8, 4) is 5.75 Å². The summed E-state index contributed by atoms with van der Waals surface area (Å²) in [6.07, 6.45) is -1.19. The smallest absolute Gasteiger partial charge is 0.312 e. The van der Waals surface area contributed by atoms with Crippen LogP contribution in [0, 0.1) is 17.0 Å². The zero-order valence-corrected chi connectivity index (χ0v) is 18.8. The van der Waals surface area contributed by atoms with Gasteiger partial charge in [0.05, 0.1) is 12.0 Å². The predicted octanol–water partition coefficient (Wildman–Crippen LogP) is 4.32. The molecule has 0 aromatic heterocycles. The molecule has 2 aromatic carbocycles. The van der Waals surface area contributed by atoms with Crippen molar-refractivity contribution < 1.29 is 14.5 Å². The van der Waals surface area contributed by atoms with E-state index in [4.69, 9.17) is 51.8 Å². The lowest BCUT2D eigenvalue weighted by molar-refractivity contribution is -0.385. The molecule has 0 aliphatic heterocycles. The Bertz CT molecular complexity index is 951. The first-order valence-corrected chi connectivity index (χ1v) is 9.89. The van der Waals surface area contributed by atoms with E-state index < -0.39 is 20.8 Å². The molecule has 0 heterocycles. The minimum Gasteiger partial charge on any atom is -0.490 e. The number of carbonyl (C=O) groups excluding carboxylic acids is 1. The molecule has 0 radical (unpaired) electrons. The normalized spacial score (nSPS) is 11.9. The van der Waals surface area contributed by atoms with Gasteiger partial charge in [-0.1, -0.05) is 52.5 Å². The third-order valence-electron chi connectivity index (χ3n) is 3.83. The van der Waals surface area contributed by atoms with Gasteiger partial charge in [0, 0.05) is 17.3 Å². The Morgan fingerprint density at radius 1 is 1.17 bits per heavy atom. The fourth-order valence-electron chi connectivity index (χ4n) is 2.33. The van der Waals surface area contributed by atoms with Gasteiger partial charge in [-0.3, -0.25) is 14.9 Å². The maximum atomic E-state index is 12.5. The molecule has 1 atom stereocenters. The van der Waals surface area contributed by atoms with Crippen molar-refractivity contribution in [2.75, 3.05) is 12.4 Å². The minimum atomic E-state index is -1.95. The average molecular weight is 492 g/mol. The predicted molar refractivity (Wildman–Crippen MR) is 122 cm³/mol. The number of alkyl halides is 3. The molecule has 2 rings (SSSR count). The van der Waals surface area contributed by atoms with E-state index in [9.17, 15) is 14.9 Å². The lowest BCUT2D eigenvalue weighted by Gasteiger charge is -2.27. The van der Waals surface area contributed by atoms with Crippen molar-refractivity contribution >= 4 is 69.4 Å².